The molecular formula is C13H23F3N2O3S. The molecule has 0 radical (unpaired) electrons. The van der Waals surface area contributed by atoms with Gasteiger partial charge in [-0.3, -0.25) is 0 Å². The topological polar surface area (TPSA) is 69.6 Å². The smallest absolute Gasteiger partial charge is 0.475 e. The molecule has 5 nitrogen and oxygen atoms in total. The molecule has 2 N–H and O–H groups in total. The van der Waals surface area contributed by atoms with Crippen molar-refractivity contribution >= 4 is 17.8 Å². The third-order valence-electron chi connectivity index (χ3n) is 3.74. The number of nitrogens with one attached hydrogen (secondary N) is 1. The maximum Gasteiger partial charge on any atom is 0.490 e. The summed E-state index contributed by atoms with van der Waals surface area (Å²) in [5.41, 5.74) is 0.809. The highest BCUT2D eigenvalue weighted by Gasteiger charge is 2.50. The molecule has 9 heteroatoms. The van der Waals surface area contributed by atoms with Crippen LogP contribution in [0.3, 0.4) is 0 Å². The number of hydrogen-bond donors (Lipinski definition) is 3. The molecule has 1 heterocycles. The van der Waals surface area contributed by atoms with E-state index in [1.54, 1.807) is 0 Å². The van der Waals surface area contributed by atoms with Crippen LogP contribution in [0.4, 0.5) is 13.2 Å². The van der Waals surface area contributed by atoms with E-state index in [1.807, 2.05) is 0 Å². The van der Waals surface area contributed by atoms with Crippen molar-refractivity contribution in [3.63, 3.8) is 0 Å². The minimum absolute atomic E-state index is 0.202. The maximum absolute atomic E-state index is 11.1. The molecule has 1 spiro atoms. The van der Waals surface area contributed by atoms with Gasteiger partial charge in [0, 0.05) is 25.7 Å². The number of aliphatic carboxylic acids is 1. The molecule has 1 saturated heterocycles. The number of carboxylic acid groups (broad SMARTS) is 1. The monoisotopic (exact) mass is 344 g/mol. The molecule has 2 aliphatic rings. The standard InChI is InChI=1S/C11H22N2OS.C2HF3O2/c1-10(2,3)8-13(15-14)9-4-11(5-9)6-12-7-11;3-2(4,5)1(6)7/h9,12,15H,4-8H2,1-3H3;(H,6,7). The Bertz CT molecular complexity index is 412. The molecule has 22 heavy (non-hydrogen) atoms. The van der Waals surface area contributed by atoms with Crippen LogP contribution in [-0.2, 0) is 16.6 Å². The van der Waals surface area contributed by atoms with Gasteiger partial charge in [0.05, 0.1) is 11.9 Å². The van der Waals surface area contributed by atoms with Gasteiger partial charge in [0.2, 0.25) is 0 Å². The van der Waals surface area contributed by atoms with Gasteiger partial charge in [-0.25, -0.2) is 13.3 Å². The zero-order valence-corrected chi connectivity index (χ0v) is 13.8. The van der Waals surface area contributed by atoms with Gasteiger partial charge in [0.25, 0.3) is 0 Å². The largest absolute Gasteiger partial charge is 0.490 e. The molecular weight excluding hydrogens is 321 g/mol. The van der Waals surface area contributed by atoms with Crippen LogP contribution in [0.25, 0.3) is 0 Å². The highest BCUT2D eigenvalue weighted by Crippen LogP contribution is 2.46. The van der Waals surface area contributed by atoms with Crippen LogP contribution >= 0.6 is 0 Å². The van der Waals surface area contributed by atoms with Gasteiger partial charge in [-0.2, -0.15) is 13.2 Å². The third-order valence-corrected chi connectivity index (χ3v) is 4.42. The first-order valence-electron chi connectivity index (χ1n) is 6.99. The summed E-state index contributed by atoms with van der Waals surface area (Å²) < 4.78 is 45.0. The number of halogens is 3. The van der Waals surface area contributed by atoms with Crippen LogP contribution in [0.5, 0.6) is 0 Å². The lowest BCUT2D eigenvalue weighted by Crippen LogP contribution is -2.65. The highest BCUT2D eigenvalue weighted by molar-refractivity contribution is 7.63. The normalized spacial score (nSPS) is 20.9. The molecule has 0 amide bonds. The number of rotatable bonds is 3. The molecule has 0 aromatic rings. The van der Waals surface area contributed by atoms with Gasteiger partial charge in [-0.05, 0) is 23.7 Å². The Morgan fingerprint density at radius 1 is 1.32 bits per heavy atom. The summed E-state index contributed by atoms with van der Waals surface area (Å²) in [5.74, 6) is -2.76. The Kier molecular flexibility index (Phi) is 6.02. The van der Waals surface area contributed by atoms with Gasteiger partial charge < -0.3 is 10.4 Å². The summed E-state index contributed by atoms with van der Waals surface area (Å²) in [6.07, 6.45) is -2.63. The van der Waals surface area contributed by atoms with Gasteiger partial charge in [-0.1, -0.05) is 20.8 Å². The average molecular weight is 344 g/mol. The highest BCUT2D eigenvalue weighted by atomic mass is 32.2. The first-order chi connectivity index (χ1) is 9.88. The zero-order chi connectivity index (χ0) is 17.2. The number of carboxylic acids is 1. The van der Waals surface area contributed by atoms with E-state index in [-0.39, 0.29) is 17.3 Å². The number of nitrogens with zero attached hydrogens (tertiary/aromatic N) is 1. The Morgan fingerprint density at radius 3 is 2.00 bits per heavy atom. The van der Waals surface area contributed by atoms with E-state index in [1.165, 1.54) is 25.9 Å². The molecule has 0 aromatic heterocycles. The summed E-state index contributed by atoms with van der Waals surface area (Å²) >= 11 is 0.202. The third kappa shape index (κ3) is 5.51. The van der Waals surface area contributed by atoms with E-state index in [4.69, 9.17) is 9.90 Å². The molecule has 0 unspecified atom stereocenters. The molecule has 0 atom stereocenters. The molecule has 1 aliphatic heterocycles. The van der Waals surface area contributed by atoms with Crippen LogP contribution in [0.2, 0.25) is 0 Å². The fraction of sp³-hybridized carbons (Fsp3) is 0.923. The minimum atomic E-state index is -5.08. The van der Waals surface area contributed by atoms with Crippen molar-refractivity contribution in [3.8, 4) is 0 Å². The molecule has 130 valence electrons. The fourth-order valence-corrected chi connectivity index (χ4v) is 3.41. The van der Waals surface area contributed by atoms with E-state index in [9.17, 15) is 17.4 Å². The molecule has 1 aliphatic carbocycles. The quantitative estimate of drug-likeness (QED) is 0.680. The van der Waals surface area contributed by atoms with Gasteiger partial charge in [0.15, 0.2) is 0 Å². The number of hydrogen-bond acceptors (Lipinski definition) is 3. The van der Waals surface area contributed by atoms with Gasteiger partial charge in [-0.15, -0.1) is 0 Å². The molecule has 2 fully saturated rings. The second kappa shape index (κ2) is 6.84. The van der Waals surface area contributed by atoms with Crippen molar-refractivity contribution in [2.75, 3.05) is 19.6 Å². The van der Waals surface area contributed by atoms with Crippen LogP contribution in [-0.4, -0.2) is 51.4 Å². The summed E-state index contributed by atoms with van der Waals surface area (Å²) in [4.78, 5) is 8.90. The van der Waals surface area contributed by atoms with E-state index in [0.717, 1.165) is 6.54 Å². The maximum atomic E-state index is 11.1. The summed E-state index contributed by atoms with van der Waals surface area (Å²) in [6.45, 7) is 9.86. The second-order valence-electron chi connectivity index (χ2n) is 7.21. The minimum Gasteiger partial charge on any atom is -0.475 e. The Morgan fingerprint density at radius 2 is 1.77 bits per heavy atom. The van der Waals surface area contributed by atoms with Gasteiger partial charge in [0.1, 0.15) is 0 Å². The summed E-state index contributed by atoms with van der Waals surface area (Å²) in [6, 6.07) is 0.547. The fourth-order valence-electron chi connectivity index (χ4n) is 2.63. The van der Waals surface area contributed by atoms with Crippen LogP contribution < -0.4 is 5.32 Å². The van der Waals surface area contributed by atoms with E-state index in [2.05, 4.69) is 30.4 Å². The Balaban J connectivity index is 0.000000295. The van der Waals surface area contributed by atoms with Crippen molar-refractivity contribution in [1.82, 2.24) is 9.62 Å². The first-order valence-corrected chi connectivity index (χ1v) is 7.76. The van der Waals surface area contributed by atoms with Crippen molar-refractivity contribution in [3.05, 3.63) is 0 Å². The molecule has 2 rings (SSSR count). The number of carbonyl (C=O) groups is 1. The molecule has 1 saturated carbocycles. The van der Waals surface area contributed by atoms with Crippen molar-refractivity contribution < 1.29 is 27.3 Å². The predicted molar refractivity (Wildman–Crippen MR) is 77.7 cm³/mol. The van der Waals surface area contributed by atoms with Crippen LogP contribution in [0.1, 0.15) is 33.6 Å². The Hall–Kier alpha value is -0.670. The van der Waals surface area contributed by atoms with Crippen molar-refractivity contribution in [2.45, 2.75) is 45.8 Å². The lowest BCUT2D eigenvalue weighted by atomic mass is 9.61. The van der Waals surface area contributed by atoms with Crippen molar-refractivity contribution in [2.24, 2.45) is 10.8 Å². The predicted octanol–water partition coefficient (Wildman–Crippen LogP) is 1.58. The molecule has 0 aromatic carbocycles. The SMILES string of the molecule is CC(C)(C)CN([SH]=O)C1CC2(CNC2)C1.O=C(O)C(F)(F)F. The Labute approximate surface area is 131 Å². The number of alkyl halides is 3. The second-order valence-corrected chi connectivity index (χ2v) is 7.89. The molecule has 0 bridgehead atoms. The van der Waals surface area contributed by atoms with Crippen LogP contribution in [0.15, 0.2) is 0 Å². The van der Waals surface area contributed by atoms with E-state index in [0.29, 0.717) is 11.5 Å². The zero-order valence-electron chi connectivity index (χ0n) is 12.9. The first kappa shape index (κ1) is 19.4. The summed E-state index contributed by atoms with van der Waals surface area (Å²) in [7, 11) is 0. The van der Waals surface area contributed by atoms with E-state index >= 15 is 0 Å². The van der Waals surface area contributed by atoms with E-state index < -0.39 is 12.1 Å². The van der Waals surface area contributed by atoms with Crippen LogP contribution in [0, 0.1) is 10.8 Å². The average Bonchev–Trinajstić information content (AvgIpc) is 2.21. The summed E-state index contributed by atoms with van der Waals surface area (Å²) in [5, 5.41) is 10.5. The van der Waals surface area contributed by atoms with Crippen molar-refractivity contribution in [1.29, 1.82) is 0 Å². The number of thiol groups is 1. The lowest BCUT2D eigenvalue weighted by Gasteiger charge is -2.56. The lowest BCUT2D eigenvalue weighted by molar-refractivity contribution is -0.192. The van der Waals surface area contributed by atoms with Gasteiger partial charge >= 0.3 is 12.1 Å².